The molecule has 0 aromatic carbocycles. The summed E-state index contributed by atoms with van der Waals surface area (Å²) in [7, 11) is 1.40. The van der Waals surface area contributed by atoms with Gasteiger partial charge in [-0.25, -0.2) is 4.79 Å². The number of carboxylic acids is 2. The number of hydrogen-bond donors (Lipinski definition) is 10. The molecule has 15 nitrogen and oxygen atoms in total. The summed E-state index contributed by atoms with van der Waals surface area (Å²) in [4.78, 5) is 33.7. The van der Waals surface area contributed by atoms with Crippen molar-refractivity contribution in [1.82, 2.24) is 9.80 Å². The standard InChI is InChI=1S/C11H22N4O6.C4H6O5/c1-14(11(12)13)2-7(18)15-5(3-16)8(19)10(21)9(20)6(15)4-17;5-2(4(8)9)1-3(6)7/h5-6,8-10,16-17,19-21H,2-4H2,1H3,(H3,12,13);2,5H,1H2,(H,6,7)(H,8,9)/t5-,6-,8-,9-;/m1./s1. The third kappa shape index (κ3) is 7.36. The molecule has 1 heterocycles. The maximum atomic E-state index is 12.3. The van der Waals surface area contributed by atoms with Gasteiger partial charge < -0.3 is 56.4 Å². The van der Waals surface area contributed by atoms with E-state index in [4.69, 9.17) is 26.5 Å². The quantitative estimate of drug-likeness (QED) is 0.131. The Hall–Kier alpha value is -2.56. The molecule has 1 amide bonds. The number of piperidine rings is 1. The van der Waals surface area contributed by atoms with Crippen LogP contribution in [0.3, 0.4) is 0 Å². The molecule has 1 aliphatic heterocycles. The molecule has 0 aromatic rings. The fourth-order valence-electron chi connectivity index (χ4n) is 2.62. The van der Waals surface area contributed by atoms with Crippen LogP contribution in [-0.2, 0) is 14.4 Å². The molecule has 1 saturated heterocycles. The fraction of sp³-hybridized carbons (Fsp3) is 0.733. The molecular weight excluding hydrogens is 412 g/mol. The minimum atomic E-state index is -1.79. The number of nitrogens with zero attached hydrogens (tertiary/aromatic N) is 2. The number of carbonyl (C=O) groups excluding carboxylic acids is 1. The number of aliphatic hydroxyl groups excluding tert-OH is 6. The average Bonchev–Trinajstić information content (AvgIpc) is 2.65. The zero-order valence-corrected chi connectivity index (χ0v) is 16.1. The van der Waals surface area contributed by atoms with E-state index in [1.807, 2.05) is 0 Å². The molecule has 1 fully saturated rings. The summed E-state index contributed by atoms with van der Waals surface area (Å²) in [6, 6.07) is -2.35. The van der Waals surface area contributed by atoms with Gasteiger partial charge in [-0.05, 0) is 0 Å². The summed E-state index contributed by atoms with van der Waals surface area (Å²) in [5, 5.41) is 79.4. The first-order valence-corrected chi connectivity index (χ1v) is 8.54. The number of carboxylic acid groups (broad SMARTS) is 2. The molecule has 0 bridgehead atoms. The lowest BCUT2D eigenvalue weighted by atomic mass is 9.88. The number of likely N-dealkylation sites (N-methyl/N-ethyl adjacent to an activating group) is 1. The number of rotatable bonds is 7. The van der Waals surface area contributed by atoms with Crippen LogP contribution in [0.1, 0.15) is 6.42 Å². The molecule has 11 N–H and O–H groups in total. The average molecular weight is 440 g/mol. The van der Waals surface area contributed by atoms with Gasteiger partial charge in [-0.1, -0.05) is 0 Å². The second kappa shape index (κ2) is 12.2. The largest absolute Gasteiger partial charge is 0.481 e. The van der Waals surface area contributed by atoms with Crippen molar-refractivity contribution in [3.05, 3.63) is 0 Å². The highest BCUT2D eigenvalue weighted by atomic mass is 16.4. The molecule has 5 atom stereocenters. The van der Waals surface area contributed by atoms with E-state index in [1.165, 1.54) is 7.05 Å². The van der Waals surface area contributed by atoms with Crippen molar-refractivity contribution in [2.24, 2.45) is 5.73 Å². The van der Waals surface area contributed by atoms with Gasteiger partial charge in [0.2, 0.25) is 5.91 Å². The third-order valence-electron chi connectivity index (χ3n) is 4.30. The Morgan fingerprint density at radius 2 is 1.47 bits per heavy atom. The zero-order valence-electron chi connectivity index (χ0n) is 16.1. The molecule has 1 rings (SSSR count). The zero-order chi connectivity index (χ0) is 23.8. The Kier molecular flexibility index (Phi) is 11.2. The Balaban J connectivity index is 0.000000787. The number of carbonyl (C=O) groups is 3. The number of hydrogen-bond acceptors (Lipinski definition) is 10. The Morgan fingerprint density at radius 1 is 1.03 bits per heavy atom. The molecule has 174 valence electrons. The summed E-state index contributed by atoms with van der Waals surface area (Å²) < 4.78 is 0. The SMILES string of the molecule is CN(CC(=O)N1[C@H](CO)[C@@H](O)C(O)[C@H](O)[C@H]1CO)C(=N)N.O=C(O)CC(O)C(=O)O. The van der Waals surface area contributed by atoms with E-state index in [1.54, 1.807) is 0 Å². The highest BCUT2D eigenvalue weighted by Crippen LogP contribution is 2.24. The van der Waals surface area contributed by atoms with Gasteiger partial charge in [0, 0.05) is 7.05 Å². The number of amides is 1. The molecule has 0 aliphatic carbocycles. The maximum absolute atomic E-state index is 12.3. The summed E-state index contributed by atoms with van der Waals surface area (Å²) in [6.45, 7) is -1.65. The smallest absolute Gasteiger partial charge is 0.333 e. The van der Waals surface area contributed by atoms with Crippen LogP contribution >= 0.6 is 0 Å². The normalized spacial score (nSPS) is 26.8. The van der Waals surface area contributed by atoms with Crippen molar-refractivity contribution >= 4 is 23.8 Å². The third-order valence-corrected chi connectivity index (χ3v) is 4.30. The minimum absolute atomic E-state index is 0.335. The van der Waals surface area contributed by atoms with Gasteiger partial charge in [0.1, 0.15) is 18.3 Å². The summed E-state index contributed by atoms with van der Waals surface area (Å²) in [5.74, 6) is -3.86. The van der Waals surface area contributed by atoms with E-state index >= 15 is 0 Å². The van der Waals surface area contributed by atoms with Crippen LogP contribution in [0, 0.1) is 5.41 Å². The highest BCUT2D eigenvalue weighted by Gasteiger charge is 2.49. The molecule has 30 heavy (non-hydrogen) atoms. The molecule has 15 heteroatoms. The molecule has 0 spiro atoms. The summed E-state index contributed by atoms with van der Waals surface area (Å²) in [6.07, 6.45) is -7.25. The van der Waals surface area contributed by atoms with Gasteiger partial charge in [-0.15, -0.1) is 0 Å². The van der Waals surface area contributed by atoms with Crippen LogP contribution in [0.2, 0.25) is 0 Å². The molecule has 0 aromatic heterocycles. The monoisotopic (exact) mass is 440 g/mol. The van der Waals surface area contributed by atoms with Crippen LogP contribution < -0.4 is 5.73 Å². The first-order valence-electron chi connectivity index (χ1n) is 8.54. The van der Waals surface area contributed by atoms with E-state index < -0.39 is 74.0 Å². The number of likely N-dealkylation sites (tertiary alicyclic amines) is 1. The molecule has 0 saturated carbocycles. The van der Waals surface area contributed by atoms with E-state index in [9.17, 15) is 39.9 Å². The van der Waals surface area contributed by atoms with Crippen molar-refractivity contribution in [3.63, 3.8) is 0 Å². The molecule has 1 aliphatic rings. The van der Waals surface area contributed by atoms with Gasteiger partial charge in [0.25, 0.3) is 0 Å². The summed E-state index contributed by atoms with van der Waals surface area (Å²) in [5.41, 5.74) is 5.23. The van der Waals surface area contributed by atoms with Crippen molar-refractivity contribution in [2.45, 2.75) is 42.9 Å². The predicted molar refractivity (Wildman–Crippen MR) is 97.1 cm³/mol. The molecule has 0 radical (unpaired) electrons. The number of guanidine groups is 1. The van der Waals surface area contributed by atoms with Gasteiger partial charge >= 0.3 is 11.9 Å². The van der Waals surface area contributed by atoms with Gasteiger partial charge in [-0.2, -0.15) is 0 Å². The van der Waals surface area contributed by atoms with Gasteiger partial charge in [-0.3, -0.25) is 15.0 Å². The first kappa shape index (κ1) is 27.4. The van der Waals surface area contributed by atoms with Crippen molar-refractivity contribution in [3.8, 4) is 0 Å². The number of nitrogens with two attached hydrogens (primary N) is 1. The maximum Gasteiger partial charge on any atom is 0.333 e. The Morgan fingerprint density at radius 3 is 1.73 bits per heavy atom. The van der Waals surface area contributed by atoms with Crippen LogP contribution in [0.4, 0.5) is 0 Å². The summed E-state index contributed by atoms with van der Waals surface area (Å²) >= 11 is 0. The van der Waals surface area contributed by atoms with Crippen LogP contribution in [-0.4, -0.2) is 138 Å². The minimum Gasteiger partial charge on any atom is -0.481 e. The van der Waals surface area contributed by atoms with Crippen LogP contribution in [0.15, 0.2) is 0 Å². The number of nitrogens with one attached hydrogen (secondary N) is 1. The molecular formula is C15H28N4O11. The van der Waals surface area contributed by atoms with E-state index in [-0.39, 0.29) is 12.5 Å². The fourth-order valence-corrected chi connectivity index (χ4v) is 2.62. The molecule has 1 unspecified atom stereocenters. The topological polar surface area (TPSA) is 269 Å². The van der Waals surface area contributed by atoms with Crippen LogP contribution in [0.5, 0.6) is 0 Å². The first-order chi connectivity index (χ1) is 13.8. The van der Waals surface area contributed by atoms with Crippen molar-refractivity contribution in [1.29, 1.82) is 5.41 Å². The Bertz CT molecular complexity index is 601. The second-order valence-corrected chi connectivity index (χ2v) is 6.47. The van der Waals surface area contributed by atoms with Crippen molar-refractivity contribution < 1.29 is 55.2 Å². The lowest BCUT2D eigenvalue weighted by molar-refractivity contribution is -0.187. The number of aliphatic hydroxyl groups is 6. The van der Waals surface area contributed by atoms with Crippen molar-refractivity contribution in [2.75, 3.05) is 26.8 Å². The van der Waals surface area contributed by atoms with Gasteiger partial charge in [0.05, 0.1) is 38.3 Å². The second-order valence-electron chi connectivity index (χ2n) is 6.47. The Labute approximate surface area is 170 Å². The highest BCUT2D eigenvalue weighted by molar-refractivity contribution is 5.84. The number of aliphatic carboxylic acids is 2. The van der Waals surface area contributed by atoms with Crippen LogP contribution in [0.25, 0.3) is 0 Å². The lowest BCUT2D eigenvalue weighted by Gasteiger charge is -2.48. The van der Waals surface area contributed by atoms with E-state index in [0.29, 0.717) is 0 Å². The van der Waals surface area contributed by atoms with Gasteiger partial charge in [0.15, 0.2) is 12.1 Å². The van der Waals surface area contributed by atoms with E-state index in [0.717, 1.165) is 9.80 Å². The van der Waals surface area contributed by atoms with E-state index in [2.05, 4.69) is 0 Å². The lowest BCUT2D eigenvalue weighted by Crippen LogP contribution is -2.70. The predicted octanol–water partition coefficient (Wildman–Crippen LogP) is -5.64.